The average molecular weight is 382 g/mol. The summed E-state index contributed by atoms with van der Waals surface area (Å²) >= 11 is 1.33. The molecule has 1 atom stereocenters. The van der Waals surface area contributed by atoms with Crippen LogP contribution >= 0.6 is 11.8 Å². The second-order valence-corrected chi connectivity index (χ2v) is 7.78. The Kier molecular flexibility index (Phi) is 6.29. The first-order valence-corrected chi connectivity index (χ1v) is 9.82. The van der Waals surface area contributed by atoms with Gasteiger partial charge in [0.25, 0.3) is 0 Å². The maximum Gasteiger partial charge on any atom is 0.240 e. The van der Waals surface area contributed by atoms with E-state index in [1.165, 1.54) is 17.3 Å². The van der Waals surface area contributed by atoms with Gasteiger partial charge in [0.05, 0.1) is 0 Å². The molecule has 1 fully saturated rings. The fourth-order valence-electron chi connectivity index (χ4n) is 2.87. The summed E-state index contributed by atoms with van der Waals surface area (Å²) in [7, 11) is 0. The van der Waals surface area contributed by atoms with E-state index in [4.69, 9.17) is 0 Å². The summed E-state index contributed by atoms with van der Waals surface area (Å²) in [5.41, 5.74) is 4.15. The number of aryl methyl sites for hydroxylation is 2. The zero-order valence-electron chi connectivity index (χ0n) is 15.5. The molecule has 0 radical (unpaired) electrons. The first-order valence-electron chi connectivity index (χ1n) is 8.94. The number of amidine groups is 1. The fourth-order valence-corrected chi connectivity index (χ4v) is 3.86. The molecule has 2 aromatic rings. The van der Waals surface area contributed by atoms with E-state index in [-0.39, 0.29) is 18.2 Å². The molecule has 1 saturated heterocycles. The SMILES string of the molecule is Cc1ccc(NC(=O)CC2SC(=NCCc3ccccc3)NC2=O)c(C)c1. The van der Waals surface area contributed by atoms with Gasteiger partial charge in [-0.05, 0) is 37.5 Å². The summed E-state index contributed by atoms with van der Waals surface area (Å²) in [4.78, 5) is 28.9. The summed E-state index contributed by atoms with van der Waals surface area (Å²) in [5.74, 6) is -0.325. The molecule has 0 bridgehead atoms. The molecule has 2 amide bonds. The third-order valence-corrected chi connectivity index (χ3v) is 5.42. The molecule has 0 aliphatic carbocycles. The highest BCUT2D eigenvalue weighted by molar-refractivity contribution is 8.15. The highest BCUT2D eigenvalue weighted by Crippen LogP contribution is 2.24. The van der Waals surface area contributed by atoms with Gasteiger partial charge in [-0.2, -0.15) is 0 Å². The van der Waals surface area contributed by atoms with Gasteiger partial charge in [0.2, 0.25) is 11.8 Å². The minimum atomic E-state index is -0.439. The molecule has 1 aliphatic rings. The van der Waals surface area contributed by atoms with Crippen LogP contribution in [0.2, 0.25) is 0 Å². The number of aliphatic imine (C=N–C) groups is 1. The topological polar surface area (TPSA) is 70.6 Å². The van der Waals surface area contributed by atoms with Crippen molar-refractivity contribution >= 4 is 34.4 Å². The molecule has 3 rings (SSSR count). The van der Waals surface area contributed by atoms with Crippen LogP contribution in [0.4, 0.5) is 5.69 Å². The molecular weight excluding hydrogens is 358 g/mol. The Balaban J connectivity index is 1.51. The standard InChI is InChI=1S/C21H23N3O2S/c1-14-8-9-17(15(2)12-14)23-19(25)13-18-20(26)24-21(27-18)22-11-10-16-6-4-3-5-7-16/h3-9,12,18H,10-11,13H2,1-2H3,(H,23,25)(H,22,24,26). The maximum atomic E-state index is 12.3. The first-order chi connectivity index (χ1) is 13.0. The summed E-state index contributed by atoms with van der Waals surface area (Å²) in [6, 6.07) is 16.0. The molecule has 2 aromatic carbocycles. The molecule has 140 valence electrons. The van der Waals surface area contributed by atoms with E-state index in [1.54, 1.807) is 0 Å². The molecule has 0 aromatic heterocycles. The van der Waals surface area contributed by atoms with Crippen LogP contribution in [-0.2, 0) is 16.0 Å². The van der Waals surface area contributed by atoms with Crippen LogP contribution in [0.3, 0.4) is 0 Å². The van der Waals surface area contributed by atoms with Crippen LogP contribution < -0.4 is 10.6 Å². The van der Waals surface area contributed by atoms with Crippen molar-refractivity contribution in [2.45, 2.75) is 31.9 Å². The first kappa shape index (κ1) is 19.2. The van der Waals surface area contributed by atoms with Crippen molar-refractivity contribution in [2.24, 2.45) is 4.99 Å². The molecular formula is C21H23N3O2S. The molecule has 0 saturated carbocycles. The lowest BCUT2D eigenvalue weighted by molar-refractivity contribution is -0.122. The number of nitrogens with one attached hydrogen (secondary N) is 2. The van der Waals surface area contributed by atoms with Gasteiger partial charge < -0.3 is 10.6 Å². The minimum absolute atomic E-state index is 0.127. The van der Waals surface area contributed by atoms with Crippen LogP contribution in [0, 0.1) is 13.8 Å². The number of nitrogens with zero attached hydrogens (tertiary/aromatic N) is 1. The molecule has 5 nitrogen and oxygen atoms in total. The Morgan fingerprint density at radius 1 is 1.19 bits per heavy atom. The van der Waals surface area contributed by atoms with Crippen molar-refractivity contribution in [3.8, 4) is 0 Å². The van der Waals surface area contributed by atoms with Gasteiger partial charge in [-0.1, -0.05) is 59.8 Å². The fraction of sp³-hybridized carbons (Fsp3) is 0.286. The van der Waals surface area contributed by atoms with Crippen LogP contribution in [0.15, 0.2) is 53.5 Å². The highest BCUT2D eigenvalue weighted by atomic mass is 32.2. The molecule has 0 spiro atoms. The third kappa shape index (κ3) is 5.44. The lowest BCUT2D eigenvalue weighted by Crippen LogP contribution is -2.28. The van der Waals surface area contributed by atoms with E-state index in [0.29, 0.717) is 11.7 Å². The third-order valence-electron chi connectivity index (χ3n) is 4.30. The van der Waals surface area contributed by atoms with Crippen molar-refractivity contribution in [1.29, 1.82) is 0 Å². The van der Waals surface area contributed by atoms with E-state index in [2.05, 4.69) is 27.8 Å². The van der Waals surface area contributed by atoms with E-state index < -0.39 is 5.25 Å². The number of hydrogen-bond donors (Lipinski definition) is 2. The van der Waals surface area contributed by atoms with Crippen molar-refractivity contribution in [3.63, 3.8) is 0 Å². The van der Waals surface area contributed by atoms with Crippen LogP contribution in [-0.4, -0.2) is 28.8 Å². The van der Waals surface area contributed by atoms with Crippen molar-refractivity contribution < 1.29 is 9.59 Å². The van der Waals surface area contributed by atoms with E-state index >= 15 is 0 Å². The molecule has 6 heteroatoms. The van der Waals surface area contributed by atoms with E-state index in [1.807, 2.05) is 50.2 Å². The summed E-state index contributed by atoms with van der Waals surface area (Å²) in [6.45, 7) is 4.57. The van der Waals surface area contributed by atoms with Crippen molar-refractivity contribution in [1.82, 2.24) is 5.32 Å². The smallest absolute Gasteiger partial charge is 0.240 e. The number of benzene rings is 2. The van der Waals surface area contributed by atoms with E-state index in [9.17, 15) is 9.59 Å². The van der Waals surface area contributed by atoms with E-state index in [0.717, 1.165) is 23.2 Å². The second kappa shape index (κ2) is 8.86. The summed E-state index contributed by atoms with van der Waals surface area (Å²) in [6.07, 6.45) is 0.945. The normalized spacial score (nSPS) is 17.8. The predicted octanol–water partition coefficient (Wildman–Crippen LogP) is 3.46. The Morgan fingerprint density at radius 2 is 1.96 bits per heavy atom. The lowest BCUT2D eigenvalue weighted by atomic mass is 10.1. The van der Waals surface area contributed by atoms with Crippen LogP contribution in [0.25, 0.3) is 0 Å². The average Bonchev–Trinajstić information content (AvgIpc) is 2.98. The number of thioether (sulfide) groups is 1. The summed E-state index contributed by atoms with van der Waals surface area (Å²) in [5, 5.41) is 5.82. The Bertz CT molecular complexity index is 865. The molecule has 1 heterocycles. The van der Waals surface area contributed by atoms with Crippen LogP contribution in [0.5, 0.6) is 0 Å². The molecule has 2 N–H and O–H groups in total. The van der Waals surface area contributed by atoms with Gasteiger partial charge >= 0.3 is 0 Å². The maximum absolute atomic E-state index is 12.3. The highest BCUT2D eigenvalue weighted by Gasteiger charge is 2.32. The van der Waals surface area contributed by atoms with Crippen molar-refractivity contribution in [3.05, 3.63) is 65.2 Å². The lowest BCUT2D eigenvalue weighted by Gasteiger charge is -2.10. The van der Waals surface area contributed by atoms with Gasteiger partial charge in [-0.3, -0.25) is 14.6 Å². The Morgan fingerprint density at radius 3 is 2.70 bits per heavy atom. The largest absolute Gasteiger partial charge is 0.326 e. The van der Waals surface area contributed by atoms with Gasteiger partial charge in [0.1, 0.15) is 5.25 Å². The van der Waals surface area contributed by atoms with Crippen molar-refractivity contribution in [2.75, 3.05) is 11.9 Å². The van der Waals surface area contributed by atoms with Gasteiger partial charge in [0, 0.05) is 18.7 Å². The number of anilines is 1. The zero-order chi connectivity index (χ0) is 19.2. The number of hydrogen-bond acceptors (Lipinski definition) is 4. The van der Waals surface area contributed by atoms with Crippen LogP contribution in [0.1, 0.15) is 23.1 Å². The summed E-state index contributed by atoms with van der Waals surface area (Å²) < 4.78 is 0. The second-order valence-electron chi connectivity index (χ2n) is 6.59. The number of rotatable bonds is 6. The Hall–Kier alpha value is -2.60. The van der Waals surface area contributed by atoms with Gasteiger partial charge in [-0.15, -0.1) is 0 Å². The molecule has 1 aliphatic heterocycles. The molecule has 1 unspecified atom stereocenters. The van der Waals surface area contributed by atoms with Gasteiger partial charge in [-0.25, -0.2) is 0 Å². The Labute approximate surface area is 163 Å². The number of amides is 2. The minimum Gasteiger partial charge on any atom is -0.326 e. The molecule has 27 heavy (non-hydrogen) atoms. The monoisotopic (exact) mass is 381 g/mol. The zero-order valence-corrected chi connectivity index (χ0v) is 16.3. The van der Waals surface area contributed by atoms with Gasteiger partial charge in [0.15, 0.2) is 5.17 Å². The number of carbonyl (C=O) groups is 2. The number of carbonyl (C=O) groups excluding carboxylic acids is 2. The predicted molar refractivity (Wildman–Crippen MR) is 111 cm³/mol. The quantitative estimate of drug-likeness (QED) is 0.805.